The van der Waals surface area contributed by atoms with E-state index in [1.54, 1.807) is 12.3 Å². The van der Waals surface area contributed by atoms with Crippen LogP contribution in [0.3, 0.4) is 0 Å². The molecule has 0 radical (unpaired) electrons. The number of anilines is 2. The summed E-state index contributed by atoms with van der Waals surface area (Å²) in [6, 6.07) is 11.2. The monoisotopic (exact) mass is 307 g/mol. The first kappa shape index (κ1) is 11.9. The molecule has 0 saturated heterocycles. The van der Waals surface area contributed by atoms with Gasteiger partial charge in [-0.15, -0.1) is 0 Å². The van der Waals surface area contributed by atoms with Gasteiger partial charge in [0.1, 0.15) is 11.1 Å². The van der Waals surface area contributed by atoms with Gasteiger partial charge in [-0.25, -0.2) is 4.98 Å². The first-order valence-corrected chi connectivity index (χ1v) is 5.95. The van der Waals surface area contributed by atoms with Gasteiger partial charge in [-0.3, -0.25) is 0 Å². The molecule has 0 bridgehead atoms. The van der Waals surface area contributed by atoms with Crippen molar-refractivity contribution < 1.29 is 0 Å². The van der Waals surface area contributed by atoms with E-state index in [2.05, 4.69) is 26.2 Å². The summed E-state index contributed by atoms with van der Waals surface area (Å²) in [6.45, 7) is 0. The highest BCUT2D eigenvalue weighted by molar-refractivity contribution is 9.10. The van der Waals surface area contributed by atoms with Crippen LogP contribution >= 0.6 is 27.5 Å². The summed E-state index contributed by atoms with van der Waals surface area (Å²) in [7, 11) is 0. The average molecular weight is 309 g/mol. The fourth-order valence-corrected chi connectivity index (χ4v) is 1.92. The van der Waals surface area contributed by atoms with Crippen LogP contribution in [0.2, 0.25) is 5.02 Å². The molecule has 1 heterocycles. The molecule has 0 aliphatic heterocycles. The fraction of sp³-hybridized carbons (Fsp3) is 0. The number of nitrogens with zero attached hydrogens (tertiary/aromatic N) is 2. The van der Waals surface area contributed by atoms with Crippen molar-refractivity contribution in [3.63, 3.8) is 0 Å². The second kappa shape index (κ2) is 5.17. The van der Waals surface area contributed by atoms with Crippen molar-refractivity contribution in [1.82, 2.24) is 4.98 Å². The van der Waals surface area contributed by atoms with Crippen LogP contribution in [0.25, 0.3) is 0 Å². The molecule has 84 valence electrons. The zero-order valence-corrected chi connectivity index (χ0v) is 11.0. The number of nitriles is 1. The number of rotatable bonds is 2. The molecular formula is C12H7BrClN3. The van der Waals surface area contributed by atoms with Gasteiger partial charge < -0.3 is 5.32 Å². The second-order valence-corrected chi connectivity index (χ2v) is 4.56. The standard InChI is InChI=1S/C12H7BrClN3/c13-9-2-1-3-10(6-9)17-12-11(14)8(7-15)4-5-16-12/h1-6H,(H,16,17). The van der Waals surface area contributed by atoms with Gasteiger partial charge in [0.15, 0.2) is 5.82 Å². The number of halogens is 2. The minimum Gasteiger partial charge on any atom is -0.339 e. The van der Waals surface area contributed by atoms with E-state index < -0.39 is 0 Å². The fourth-order valence-electron chi connectivity index (χ4n) is 1.32. The first-order chi connectivity index (χ1) is 8.20. The van der Waals surface area contributed by atoms with Gasteiger partial charge in [-0.2, -0.15) is 5.26 Å². The summed E-state index contributed by atoms with van der Waals surface area (Å²) in [6.07, 6.45) is 1.55. The zero-order valence-electron chi connectivity index (χ0n) is 8.61. The molecule has 0 saturated carbocycles. The van der Waals surface area contributed by atoms with E-state index >= 15 is 0 Å². The largest absolute Gasteiger partial charge is 0.339 e. The minimum absolute atomic E-state index is 0.329. The van der Waals surface area contributed by atoms with Crippen molar-refractivity contribution >= 4 is 39.0 Å². The summed E-state index contributed by atoms with van der Waals surface area (Å²) < 4.78 is 0.954. The second-order valence-electron chi connectivity index (χ2n) is 3.27. The highest BCUT2D eigenvalue weighted by atomic mass is 79.9. The van der Waals surface area contributed by atoms with Crippen LogP contribution < -0.4 is 5.32 Å². The van der Waals surface area contributed by atoms with E-state index in [4.69, 9.17) is 16.9 Å². The lowest BCUT2D eigenvalue weighted by Gasteiger charge is -2.08. The Morgan fingerprint density at radius 3 is 2.88 bits per heavy atom. The van der Waals surface area contributed by atoms with Crippen LogP contribution in [0.1, 0.15) is 5.56 Å². The maximum absolute atomic E-state index is 8.86. The summed E-state index contributed by atoms with van der Waals surface area (Å²) in [5.74, 6) is 0.476. The Hall–Kier alpha value is -1.57. The van der Waals surface area contributed by atoms with Crippen LogP contribution in [0.15, 0.2) is 41.0 Å². The van der Waals surface area contributed by atoms with Crippen LogP contribution in [0.5, 0.6) is 0 Å². The average Bonchev–Trinajstić information content (AvgIpc) is 2.32. The molecule has 1 aromatic heterocycles. The maximum atomic E-state index is 8.86. The van der Waals surface area contributed by atoms with Crippen LogP contribution in [0, 0.1) is 11.3 Å². The van der Waals surface area contributed by atoms with Gasteiger partial charge in [0.2, 0.25) is 0 Å². The Kier molecular flexibility index (Phi) is 3.62. The highest BCUT2D eigenvalue weighted by Crippen LogP contribution is 2.26. The molecule has 2 rings (SSSR count). The van der Waals surface area contributed by atoms with Gasteiger partial charge in [0.25, 0.3) is 0 Å². The predicted molar refractivity (Wildman–Crippen MR) is 71.4 cm³/mol. The van der Waals surface area contributed by atoms with Gasteiger partial charge in [-0.1, -0.05) is 33.6 Å². The SMILES string of the molecule is N#Cc1ccnc(Nc2cccc(Br)c2)c1Cl. The van der Waals surface area contributed by atoms with E-state index in [1.165, 1.54) is 0 Å². The molecule has 0 aliphatic rings. The number of pyridine rings is 1. The zero-order chi connectivity index (χ0) is 12.3. The van der Waals surface area contributed by atoms with Gasteiger partial charge in [0.05, 0.1) is 5.56 Å². The van der Waals surface area contributed by atoms with E-state index in [0.29, 0.717) is 16.4 Å². The Labute approximate surface area is 112 Å². The third-order valence-electron chi connectivity index (χ3n) is 2.10. The topological polar surface area (TPSA) is 48.7 Å². The molecule has 0 spiro atoms. The Balaban J connectivity index is 2.34. The van der Waals surface area contributed by atoms with Crippen molar-refractivity contribution in [3.05, 3.63) is 51.6 Å². The smallest absolute Gasteiger partial charge is 0.150 e. The van der Waals surface area contributed by atoms with Crippen molar-refractivity contribution in [2.45, 2.75) is 0 Å². The number of aromatic nitrogens is 1. The quantitative estimate of drug-likeness (QED) is 0.908. The maximum Gasteiger partial charge on any atom is 0.150 e. The van der Waals surface area contributed by atoms with E-state index in [1.807, 2.05) is 30.3 Å². The van der Waals surface area contributed by atoms with Crippen molar-refractivity contribution in [3.8, 4) is 6.07 Å². The van der Waals surface area contributed by atoms with Gasteiger partial charge >= 0.3 is 0 Å². The highest BCUT2D eigenvalue weighted by Gasteiger charge is 2.07. The normalized spacial score (nSPS) is 9.71. The van der Waals surface area contributed by atoms with Crippen molar-refractivity contribution in [2.24, 2.45) is 0 Å². The molecule has 1 N–H and O–H groups in total. The molecular weight excluding hydrogens is 302 g/mol. The van der Waals surface area contributed by atoms with E-state index in [0.717, 1.165) is 10.2 Å². The molecule has 1 aromatic carbocycles. The van der Waals surface area contributed by atoms with Crippen LogP contribution in [-0.2, 0) is 0 Å². The van der Waals surface area contributed by atoms with Crippen LogP contribution in [-0.4, -0.2) is 4.98 Å². The number of benzene rings is 1. The third-order valence-corrected chi connectivity index (χ3v) is 2.97. The predicted octanol–water partition coefficient (Wildman–Crippen LogP) is 4.11. The molecule has 0 atom stereocenters. The molecule has 0 unspecified atom stereocenters. The molecule has 0 amide bonds. The molecule has 2 aromatic rings. The first-order valence-electron chi connectivity index (χ1n) is 4.78. The Morgan fingerprint density at radius 1 is 1.35 bits per heavy atom. The minimum atomic E-state index is 0.329. The molecule has 0 fully saturated rings. The summed E-state index contributed by atoms with van der Waals surface area (Å²) >= 11 is 9.42. The van der Waals surface area contributed by atoms with Crippen LogP contribution in [0.4, 0.5) is 11.5 Å². The van der Waals surface area contributed by atoms with Gasteiger partial charge in [-0.05, 0) is 24.3 Å². The lowest BCUT2D eigenvalue weighted by atomic mass is 10.2. The summed E-state index contributed by atoms with van der Waals surface area (Å²) in [4.78, 5) is 4.10. The Morgan fingerprint density at radius 2 is 2.18 bits per heavy atom. The number of hydrogen-bond acceptors (Lipinski definition) is 3. The van der Waals surface area contributed by atoms with Gasteiger partial charge in [0, 0.05) is 16.4 Å². The molecule has 0 aliphatic carbocycles. The van der Waals surface area contributed by atoms with E-state index in [-0.39, 0.29) is 0 Å². The number of nitrogens with one attached hydrogen (secondary N) is 1. The number of hydrogen-bond donors (Lipinski definition) is 1. The third kappa shape index (κ3) is 2.76. The summed E-state index contributed by atoms with van der Waals surface area (Å²) in [5.41, 5.74) is 1.25. The lowest BCUT2D eigenvalue weighted by Crippen LogP contribution is -1.95. The molecule has 5 heteroatoms. The summed E-state index contributed by atoms with van der Waals surface area (Å²) in [5, 5.41) is 12.2. The van der Waals surface area contributed by atoms with Crippen molar-refractivity contribution in [2.75, 3.05) is 5.32 Å². The van der Waals surface area contributed by atoms with Crippen molar-refractivity contribution in [1.29, 1.82) is 5.26 Å². The molecule has 17 heavy (non-hydrogen) atoms. The lowest BCUT2D eigenvalue weighted by molar-refractivity contribution is 1.29. The Bertz CT molecular complexity index is 593. The van der Waals surface area contributed by atoms with E-state index in [9.17, 15) is 0 Å². The molecule has 3 nitrogen and oxygen atoms in total.